The van der Waals surface area contributed by atoms with Crippen LogP contribution in [0, 0.1) is 6.92 Å². The molecule has 2 aromatic rings. The quantitative estimate of drug-likeness (QED) is 0.804. The van der Waals surface area contributed by atoms with Gasteiger partial charge in [-0.25, -0.2) is 0 Å². The Morgan fingerprint density at radius 2 is 2.00 bits per heavy atom. The van der Waals surface area contributed by atoms with Gasteiger partial charge < -0.3 is 11.1 Å². The van der Waals surface area contributed by atoms with E-state index in [1.54, 1.807) is 18.2 Å². The molecule has 0 aliphatic heterocycles. The SMILES string of the molecule is Cc1cc(Br)ccc1NC(=O)c1ccc(Cl)c(N)c1. The first-order chi connectivity index (χ1) is 8.97. The van der Waals surface area contributed by atoms with Gasteiger partial charge in [-0.1, -0.05) is 27.5 Å². The number of nitrogens with two attached hydrogens (primary N) is 1. The van der Waals surface area contributed by atoms with Gasteiger partial charge >= 0.3 is 0 Å². The molecule has 0 radical (unpaired) electrons. The fourth-order valence-electron chi connectivity index (χ4n) is 1.65. The molecule has 0 aliphatic rings. The highest BCUT2D eigenvalue weighted by Crippen LogP contribution is 2.23. The average Bonchev–Trinajstić information content (AvgIpc) is 2.36. The molecule has 3 nitrogen and oxygen atoms in total. The lowest BCUT2D eigenvalue weighted by Gasteiger charge is -2.09. The summed E-state index contributed by atoms with van der Waals surface area (Å²) in [5.41, 5.74) is 8.29. The Labute approximate surface area is 124 Å². The van der Waals surface area contributed by atoms with Crippen molar-refractivity contribution < 1.29 is 4.79 Å². The van der Waals surface area contributed by atoms with Crippen LogP contribution < -0.4 is 11.1 Å². The Morgan fingerprint density at radius 1 is 1.26 bits per heavy atom. The van der Waals surface area contributed by atoms with Gasteiger partial charge in [-0.3, -0.25) is 4.79 Å². The van der Waals surface area contributed by atoms with E-state index in [0.717, 1.165) is 15.7 Å². The molecule has 0 saturated carbocycles. The maximum absolute atomic E-state index is 12.1. The fourth-order valence-corrected chi connectivity index (χ4v) is 2.24. The van der Waals surface area contributed by atoms with E-state index >= 15 is 0 Å². The van der Waals surface area contributed by atoms with Gasteiger partial charge in [-0.2, -0.15) is 0 Å². The van der Waals surface area contributed by atoms with Gasteiger partial charge in [0.05, 0.1) is 10.7 Å². The van der Waals surface area contributed by atoms with Gasteiger partial charge in [-0.15, -0.1) is 0 Å². The molecule has 3 N–H and O–H groups in total. The third-order valence-electron chi connectivity index (χ3n) is 2.69. The van der Waals surface area contributed by atoms with Crippen molar-refractivity contribution in [3.05, 3.63) is 57.0 Å². The zero-order valence-corrected chi connectivity index (χ0v) is 12.5. The second-order valence-electron chi connectivity index (χ2n) is 4.15. The van der Waals surface area contributed by atoms with E-state index in [0.29, 0.717) is 16.3 Å². The van der Waals surface area contributed by atoms with Gasteiger partial charge in [0.2, 0.25) is 0 Å². The van der Waals surface area contributed by atoms with Gasteiger partial charge in [-0.05, 0) is 48.9 Å². The van der Waals surface area contributed by atoms with Crippen molar-refractivity contribution in [1.29, 1.82) is 0 Å². The van der Waals surface area contributed by atoms with Crippen LogP contribution in [0.3, 0.4) is 0 Å². The number of hydrogen-bond donors (Lipinski definition) is 2. The molecule has 5 heteroatoms. The molecule has 0 heterocycles. The minimum absolute atomic E-state index is 0.214. The summed E-state index contributed by atoms with van der Waals surface area (Å²) >= 11 is 9.21. The Hall–Kier alpha value is -1.52. The number of rotatable bonds is 2. The average molecular weight is 340 g/mol. The largest absolute Gasteiger partial charge is 0.398 e. The van der Waals surface area contributed by atoms with Crippen LogP contribution in [-0.4, -0.2) is 5.91 Å². The number of carbonyl (C=O) groups is 1. The van der Waals surface area contributed by atoms with E-state index < -0.39 is 0 Å². The number of amides is 1. The number of halogens is 2. The van der Waals surface area contributed by atoms with E-state index in [1.165, 1.54) is 0 Å². The van der Waals surface area contributed by atoms with E-state index in [4.69, 9.17) is 17.3 Å². The minimum Gasteiger partial charge on any atom is -0.398 e. The smallest absolute Gasteiger partial charge is 0.255 e. The first-order valence-corrected chi connectivity index (χ1v) is 6.77. The standard InChI is InChI=1S/C14H12BrClN2O/c1-8-6-10(15)3-5-13(8)18-14(19)9-2-4-11(16)12(17)7-9/h2-7H,17H2,1H3,(H,18,19). The Balaban J connectivity index is 2.23. The number of carbonyl (C=O) groups excluding carboxylic acids is 1. The third kappa shape index (κ3) is 3.28. The monoisotopic (exact) mass is 338 g/mol. The van der Waals surface area contributed by atoms with Crippen molar-refractivity contribution in [3.8, 4) is 0 Å². The van der Waals surface area contributed by atoms with Crippen LogP contribution in [-0.2, 0) is 0 Å². The van der Waals surface area contributed by atoms with E-state index in [2.05, 4.69) is 21.2 Å². The molecule has 2 rings (SSSR count). The molecule has 0 fully saturated rings. The lowest BCUT2D eigenvalue weighted by molar-refractivity contribution is 0.102. The normalized spacial score (nSPS) is 10.3. The maximum atomic E-state index is 12.1. The first kappa shape index (κ1) is 13.9. The Kier molecular flexibility index (Phi) is 4.12. The molecule has 0 saturated heterocycles. The summed E-state index contributed by atoms with van der Waals surface area (Å²) in [5, 5.41) is 3.28. The van der Waals surface area contributed by atoms with E-state index in [-0.39, 0.29) is 5.91 Å². The summed E-state index contributed by atoms with van der Waals surface area (Å²) in [6.07, 6.45) is 0. The molecule has 0 bridgehead atoms. The molecule has 98 valence electrons. The zero-order chi connectivity index (χ0) is 14.0. The van der Waals surface area contributed by atoms with E-state index in [1.807, 2.05) is 25.1 Å². The van der Waals surface area contributed by atoms with Gasteiger partial charge in [0.15, 0.2) is 0 Å². The molecule has 1 amide bonds. The van der Waals surface area contributed by atoms with Crippen molar-refractivity contribution in [1.82, 2.24) is 0 Å². The molecule has 2 aromatic carbocycles. The number of nitrogen functional groups attached to an aromatic ring is 1. The summed E-state index contributed by atoms with van der Waals surface area (Å²) in [5.74, 6) is -0.214. The van der Waals surface area contributed by atoms with E-state index in [9.17, 15) is 4.79 Å². The summed E-state index contributed by atoms with van der Waals surface area (Å²) in [7, 11) is 0. The van der Waals surface area contributed by atoms with Crippen molar-refractivity contribution in [3.63, 3.8) is 0 Å². The third-order valence-corrected chi connectivity index (χ3v) is 3.53. The van der Waals surface area contributed by atoms with Crippen molar-refractivity contribution in [2.75, 3.05) is 11.1 Å². The summed E-state index contributed by atoms with van der Waals surface area (Å²) in [4.78, 5) is 12.1. The molecule has 0 spiro atoms. The van der Waals surface area contributed by atoms with Gasteiger partial charge in [0.25, 0.3) is 5.91 Å². The first-order valence-electron chi connectivity index (χ1n) is 5.60. The number of anilines is 2. The van der Waals surface area contributed by atoms with Crippen LogP contribution in [0.5, 0.6) is 0 Å². The van der Waals surface area contributed by atoms with Crippen LogP contribution >= 0.6 is 27.5 Å². The molecule has 19 heavy (non-hydrogen) atoms. The molecule has 0 unspecified atom stereocenters. The lowest BCUT2D eigenvalue weighted by Crippen LogP contribution is -2.13. The molecular formula is C14H12BrClN2O. The Morgan fingerprint density at radius 3 is 2.63 bits per heavy atom. The maximum Gasteiger partial charge on any atom is 0.255 e. The minimum atomic E-state index is -0.214. The number of hydrogen-bond acceptors (Lipinski definition) is 2. The highest BCUT2D eigenvalue weighted by atomic mass is 79.9. The van der Waals surface area contributed by atoms with Crippen LogP contribution in [0.2, 0.25) is 5.02 Å². The van der Waals surface area contributed by atoms with Gasteiger partial charge in [0, 0.05) is 15.7 Å². The summed E-state index contributed by atoms with van der Waals surface area (Å²) in [6.45, 7) is 1.93. The molecule has 0 atom stereocenters. The molecule has 0 aromatic heterocycles. The molecule has 0 aliphatic carbocycles. The number of nitrogens with one attached hydrogen (secondary N) is 1. The lowest BCUT2D eigenvalue weighted by atomic mass is 10.1. The van der Waals surface area contributed by atoms with Gasteiger partial charge in [0.1, 0.15) is 0 Å². The summed E-state index contributed by atoms with van der Waals surface area (Å²) < 4.78 is 0.971. The zero-order valence-electron chi connectivity index (χ0n) is 10.2. The van der Waals surface area contributed by atoms with Crippen molar-refractivity contribution in [2.45, 2.75) is 6.92 Å². The summed E-state index contributed by atoms with van der Waals surface area (Å²) in [6, 6.07) is 10.5. The van der Waals surface area contributed by atoms with Crippen molar-refractivity contribution in [2.24, 2.45) is 0 Å². The van der Waals surface area contributed by atoms with Crippen LogP contribution in [0.1, 0.15) is 15.9 Å². The predicted octanol–water partition coefficient (Wildman–Crippen LogP) is 4.25. The predicted molar refractivity (Wildman–Crippen MR) is 82.7 cm³/mol. The van der Waals surface area contributed by atoms with Crippen LogP contribution in [0.4, 0.5) is 11.4 Å². The topological polar surface area (TPSA) is 55.1 Å². The Bertz CT molecular complexity index is 643. The van der Waals surface area contributed by atoms with Crippen molar-refractivity contribution >= 4 is 44.8 Å². The second kappa shape index (κ2) is 5.63. The highest BCUT2D eigenvalue weighted by molar-refractivity contribution is 9.10. The second-order valence-corrected chi connectivity index (χ2v) is 5.47. The number of aryl methyl sites for hydroxylation is 1. The van der Waals surface area contributed by atoms with Crippen LogP contribution in [0.25, 0.3) is 0 Å². The fraction of sp³-hybridized carbons (Fsp3) is 0.0714. The highest BCUT2D eigenvalue weighted by Gasteiger charge is 2.09. The number of benzene rings is 2. The molecular weight excluding hydrogens is 328 g/mol. The van der Waals surface area contributed by atoms with Crippen LogP contribution in [0.15, 0.2) is 40.9 Å².